The molecule has 0 bridgehead atoms. The Labute approximate surface area is 191 Å². The van der Waals surface area contributed by atoms with Crippen molar-refractivity contribution in [2.45, 2.75) is 31.1 Å². The highest BCUT2D eigenvalue weighted by atomic mass is 19.4. The molecule has 0 aliphatic carbocycles. The maximum atomic E-state index is 12.8. The summed E-state index contributed by atoms with van der Waals surface area (Å²) in [5.41, 5.74) is 1.27. The molecule has 0 aliphatic heterocycles. The van der Waals surface area contributed by atoms with E-state index >= 15 is 0 Å². The zero-order valence-corrected chi connectivity index (χ0v) is 17.6. The minimum atomic E-state index is -4.46. The Kier molecular flexibility index (Phi) is 7.44. The number of hydrogen-bond acceptors (Lipinski definition) is 2. The van der Waals surface area contributed by atoms with E-state index in [4.69, 9.17) is 5.11 Å². The smallest absolute Gasteiger partial charge is 0.416 e. The molecule has 1 N–H and O–H groups in total. The van der Waals surface area contributed by atoms with Crippen molar-refractivity contribution >= 4 is 12.0 Å². The summed E-state index contributed by atoms with van der Waals surface area (Å²) in [6.07, 6.45) is -5.43. The Balaban J connectivity index is 1.82. The fraction of sp³-hybridized carbons (Fsp3) is 0.200. The van der Waals surface area contributed by atoms with E-state index in [9.17, 15) is 31.1 Å². The molecule has 0 spiro atoms. The number of alkyl halides is 6. The van der Waals surface area contributed by atoms with Crippen molar-refractivity contribution in [3.8, 4) is 11.3 Å². The van der Waals surface area contributed by atoms with Crippen molar-refractivity contribution < 1.29 is 36.2 Å². The summed E-state index contributed by atoms with van der Waals surface area (Å²) >= 11 is 0. The van der Waals surface area contributed by atoms with E-state index in [1.807, 2.05) is 0 Å². The molecular formula is C25H19F6NO2. The molecule has 0 amide bonds. The van der Waals surface area contributed by atoms with Gasteiger partial charge in [0.05, 0.1) is 16.8 Å². The number of pyridine rings is 1. The summed E-state index contributed by atoms with van der Waals surface area (Å²) < 4.78 is 76.8. The molecule has 9 heteroatoms. The van der Waals surface area contributed by atoms with E-state index in [2.05, 4.69) is 4.98 Å². The van der Waals surface area contributed by atoms with Gasteiger partial charge in [0.1, 0.15) is 0 Å². The van der Waals surface area contributed by atoms with Crippen molar-refractivity contribution in [1.82, 2.24) is 4.98 Å². The number of rotatable bonds is 7. The number of halogens is 6. The van der Waals surface area contributed by atoms with Crippen LogP contribution in [-0.4, -0.2) is 22.2 Å². The summed E-state index contributed by atoms with van der Waals surface area (Å²) in [4.78, 5) is 15.2. The van der Waals surface area contributed by atoms with Gasteiger partial charge in [0.25, 0.3) is 0 Å². The lowest BCUT2D eigenvalue weighted by atomic mass is 9.93. The molecule has 0 aliphatic rings. The summed E-state index contributed by atoms with van der Waals surface area (Å²) in [6, 6.07) is 13.5. The lowest BCUT2D eigenvalue weighted by molar-refractivity contribution is -0.137. The molecule has 3 nitrogen and oxygen atoms in total. The second-order valence-corrected chi connectivity index (χ2v) is 7.60. The standard InChI is InChI=1S/C25H19F6NO2/c26-24(27,28)14-13-17(4-1-16-2-5-19(6-3-16)23(33)34)20-9-12-22(32-15-20)18-7-10-21(11-8-18)25(29,30)31/h1-12,15,17H,13-14H2,(H,33,34)/b4-1+. The third-order valence-electron chi connectivity index (χ3n) is 5.14. The van der Waals surface area contributed by atoms with Crippen molar-refractivity contribution in [3.63, 3.8) is 0 Å². The third-order valence-corrected chi connectivity index (χ3v) is 5.14. The van der Waals surface area contributed by atoms with Crippen LogP contribution in [0.25, 0.3) is 17.3 Å². The molecule has 0 radical (unpaired) electrons. The predicted molar refractivity (Wildman–Crippen MR) is 115 cm³/mol. The van der Waals surface area contributed by atoms with Crippen LogP contribution in [0.4, 0.5) is 26.3 Å². The van der Waals surface area contributed by atoms with Crippen molar-refractivity contribution in [2.24, 2.45) is 0 Å². The van der Waals surface area contributed by atoms with Gasteiger partial charge >= 0.3 is 18.3 Å². The molecule has 0 saturated heterocycles. The highest BCUT2D eigenvalue weighted by Crippen LogP contribution is 2.33. The van der Waals surface area contributed by atoms with Crippen LogP contribution in [-0.2, 0) is 6.18 Å². The van der Waals surface area contributed by atoms with Gasteiger partial charge in [-0.05, 0) is 47.9 Å². The van der Waals surface area contributed by atoms with Crippen molar-refractivity contribution in [2.75, 3.05) is 0 Å². The lowest BCUT2D eigenvalue weighted by Gasteiger charge is -2.15. The summed E-state index contributed by atoms with van der Waals surface area (Å²) in [5.74, 6) is -1.72. The van der Waals surface area contributed by atoms with Crippen LogP contribution in [0.5, 0.6) is 0 Å². The van der Waals surface area contributed by atoms with E-state index in [1.165, 1.54) is 30.5 Å². The highest BCUT2D eigenvalue weighted by molar-refractivity contribution is 5.87. The van der Waals surface area contributed by atoms with Crippen LogP contribution in [0.15, 0.2) is 72.9 Å². The molecule has 1 heterocycles. The Morgan fingerprint density at radius 2 is 1.56 bits per heavy atom. The quantitative estimate of drug-likeness (QED) is 0.355. The van der Waals surface area contributed by atoms with E-state index in [-0.39, 0.29) is 12.0 Å². The maximum absolute atomic E-state index is 12.8. The number of aromatic carboxylic acids is 1. The highest BCUT2D eigenvalue weighted by Gasteiger charge is 2.30. The van der Waals surface area contributed by atoms with Crippen molar-refractivity contribution in [1.29, 1.82) is 0 Å². The summed E-state index contributed by atoms with van der Waals surface area (Å²) in [6.45, 7) is 0. The molecule has 1 unspecified atom stereocenters. The van der Waals surface area contributed by atoms with Gasteiger partial charge in [-0.2, -0.15) is 26.3 Å². The van der Waals surface area contributed by atoms with E-state index in [1.54, 1.807) is 36.4 Å². The molecule has 3 aromatic rings. The fourth-order valence-electron chi connectivity index (χ4n) is 3.28. The van der Waals surface area contributed by atoms with Gasteiger partial charge < -0.3 is 5.11 Å². The van der Waals surface area contributed by atoms with Crippen LogP contribution in [0.2, 0.25) is 0 Å². The Hall–Kier alpha value is -3.62. The molecule has 1 aromatic heterocycles. The second-order valence-electron chi connectivity index (χ2n) is 7.60. The van der Waals surface area contributed by atoms with Crippen LogP contribution in [0, 0.1) is 0 Å². The first kappa shape index (κ1) is 25.0. The number of carboxylic acids is 1. The number of nitrogens with zero attached hydrogens (tertiary/aromatic N) is 1. The third kappa shape index (κ3) is 6.94. The zero-order valence-electron chi connectivity index (χ0n) is 17.6. The number of hydrogen-bond donors (Lipinski definition) is 1. The monoisotopic (exact) mass is 479 g/mol. The number of carboxylic acid groups (broad SMARTS) is 1. The minimum Gasteiger partial charge on any atom is -0.478 e. The molecule has 34 heavy (non-hydrogen) atoms. The zero-order chi connectivity index (χ0) is 24.9. The number of benzene rings is 2. The normalized spacial score (nSPS) is 13.2. The summed E-state index contributed by atoms with van der Waals surface area (Å²) in [7, 11) is 0. The van der Waals surface area contributed by atoms with Gasteiger partial charge in [-0.1, -0.05) is 42.5 Å². The summed E-state index contributed by atoms with van der Waals surface area (Å²) in [5, 5.41) is 8.96. The van der Waals surface area contributed by atoms with Gasteiger partial charge in [0.2, 0.25) is 0 Å². The van der Waals surface area contributed by atoms with E-state index in [0.29, 0.717) is 22.4 Å². The number of allylic oxidation sites excluding steroid dienone is 1. The Morgan fingerprint density at radius 1 is 0.912 bits per heavy atom. The topological polar surface area (TPSA) is 50.2 Å². The minimum absolute atomic E-state index is 0.0915. The van der Waals surface area contributed by atoms with Crippen LogP contribution >= 0.6 is 0 Å². The molecule has 178 valence electrons. The van der Waals surface area contributed by atoms with Gasteiger partial charge in [0.15, 0.2) is 0 Å². The van der Waals surface area contributed by atoms with Gasteiger partial charge in [-0.3, -0.25) is 4.98 Å². The lowest BCUT2D eigenvalue weighted by Crippen LogP contribution is -2.09. The van der Waals surface area contributed by atoms with Crippen molar-refractivity contribution in [3.05, 3.63) is 95.2 Å². The number of carbonyl (C=O) groups is 1. The largest absolute Gasteiger partial charge is 0.478 e. The Morgan fingerprint density at radius 3 is 2.06 bits per heavy atom. The molecule has 1 atom stereocenters. The van der Waals surface area contributed by atoms with E-state index in [0.717, 1.165) is 12.1 Å². The first-order valence-electron chi connectivity index (χ1n) is 10.1. The molecule has 0 fully saturated rings. The molecular weight excluding hydrogens is 460 g/mol. The second kappa shape index (κ2) is 10.1. The van der Waals surface area contributed by atoms with Gasteiger partial charge in [-0.25, -0.2) is 4.79 Å². The average Bonchev–Trinajstić information content (AvgIpc) is 2.78. The first-order valence-corrected chi connectivity index (χ1v) is 10.1. The van der Waals surface area contributed by atoms with Crippen LogP contribution < -0.4 is 0 Å². The van der Waals surface area contributed by atoms with Gasteiger partial charge in [-0.15, -0.1) is 0 Å². The average molecular weight is 479 g/mol. The number of aromatic nitrogens is 1. The van der Waals surface area contributed by atoms with Crippen LogP contribution in [0.3, 0.4) is 0 Å². The predicted octanol–water partition coefficient (Wildman–Crippen LogP) is 7.61. The molecule has 2 aromatic carbocycles. The SMILES string of the molecule is O=C(O)c1ccc(/C=C/C(CCC(F)(F)F)c2ccc(-c3ccc(C(F)(F)F)cc3)nc2)cc1. The van der Waals surface area contributed by atoms with Crippen LogP contribution in [0.1, 0.15) is 45.8 Å². The van der Waals surface area contributed by atoms with E-state index < -0.39 is 36.2 Å². The molecule has 3 rings (SSSR count). The fourth-order valence-corrected chi connectivity index (χ4v) is 3.28. The molecule has 0 saturated carbocycles. The maximum Gasteiger partial charge on any atom is 0.416 e. The first-order chi connectivity index (χ1) is 15.9. The Bertz CT molecular complexity index is 1130. The van der Waals surface area contributed by atoms with Gasteiger partial charge in [0, 0.05) is 24.1 Å².